The van der Waals surface area contributed by atoms with Crippen molar-refractivity contribution in [3.63, 3.8) is 0 Å². The number of amides is 3. The number of aromatic amines is 1. The van der Waals surface area contributed by atoms with Crippen LogP contribution in [0, 0.1) is 5.92 Å². The highest BCUT2D eigenvalue weighted by Gasteiger charge is 2.56. The van der Waals surface area contributed by atoms with Gasteiger partial charge in [0.25, 0.3) is 5.91 Å². The molecule has 0 unspecified atom stereocenters. The third kappa shape index (κ3) is 4.98. The van der Waals surface area contributed by atoms with E-state index in [4.69, 9.17) is 16.3 Å². The summed E-state index contributed by atoms with van der Waals surface area (Å²) in [7, 11) is 0. The molecule has 12 heteroatoms. The van der Waals surface area contributed by atoms with Gasteiger partial charge in [-0.15, -0.1) is 0 Å². The van der Waals surface area contributed by atoms with Crippen LogP contribution in [0.1, 0.15) is 16.4 Å². The number of fused-ring (bicyclic) bond motifs is 2. The maximum atomic E-state index is 13.9. The fourth-order valence-corrected chi connectivity index (χ4v) is 7.84. The van der Waals surface area contributed by atoms with Gasteiger partial charge in [-0.2, -0.15) is 0 Å². The number of benzene rings is 3. The van der Waals surface area contributed by atoms with Crippen molar-refractivity contribution >= 4 is 79.7 Å². The molecular formula is C28H19BrClN3O5S2. The fraction of sp³-hybridized carbons (Fsp3) is 0.143. The largest absolute Gasteiger partial charge is 0.483 e. The minimum Gasteiger partial charge on any atom is -0.483 e. The highest BCUT2D eigenvalue weighted by Crippen LogP contribution is 2.54. The molecule has 1 aromatic heterocycles. The first-order valence-electron chi connectivity index (χ1n) is 12.1. The summed E-state index contributed by atoms with van der Waals surface area (Å²) in [6.45, 7) is -0.288. The summed E-state index contributed by atoms with van der Waals surface area (Å²) < 4.78 is 6.79. The summed E-state index contributed by atoms with van der Waals surface area (Å²) in [6.07, 6.45) is 0. The molecule has 0 spiro atoms. The van der Waals surface area contributed by atoms with Crippen molar-refractivity contribution in [2.45, 2.75) is 16.2 Å². The van der Waals surface area contributed by atoms with Crippen molar-refractivity contribution in [1.29, 1.82) is 0 Å². The second-order valence-electron chi connectivity index (χ2n) is 9.12. The van der Waals surface area contributed by atoms with Gasteiger partial charge in [0, 0.05) is 31.5 Å². The van der Waals surface area contributed by atoms with Gasteiger partial charge in [0.05, 0.1) is 16.6 Å². The zero-order chi connectivity index (χ0) is 28.0. The molecule has 0 aliphatic carbocycles. The van der Waals surface area contributed by atoms with E-state index in [1.165, 1.54) is 16.7 Å². The van der Waals surface area contributed by atoms with Crippen LogP contribution in [0.2, 0.25) is 5.02 Å². The van der Waals surface area contributed by atoms with Crippen LogP contribution in [0.25, 0.3) is 0 Å². The summed E-state index contributed by atoms with van der Waals surface area (Å²) in [6, 6.07) is 20.8. The summed E-state index contributed by atoms with van der Waals surface area (Å²) in [4.78, 5) is 57.0. The number of H-pyrrole nitrogens is 1. The summed E-state index contributed by atoms with van der Waals surface area (Å²) >= 11 is 11.5. The van der Waals surface area contributed by atoms with Crippen molar-refractivity contribution in [3.8, 4) is 5.75 Å². The third-order valence-electron chi connectivity index (χ3n) is 6.65. The number of nitrogens with zero attached hydrogens (tertiary/aromatic N) is 1. The van der Waals surface area contributed by atoms with E-state index < -0.39 is 17.1 Å². The number of hydrogen-bond donors (Lipinski definition) is 2. The Morgan fingerprint density at radius 2 is 1.73 bits per heavy atom. The molecule has 2 aliphatic rings. The number of hydrogen-bond acceptors (Lipinski definition) is 7. The Morgan fingerprint density at radius 1 is 1.00 bits per heavy atom. The molecule has 0 bridgehead atoms. The standard InChI is InChI=1S/C28H19BrClN3O5S2/c29-14-5-11-17(12-6-14)33-26(35)22-21(23-25(32-28(37)40-23)39-24(22)27(33)36)18-3-1-2-4-19(18)38-13-20(34)31-16-9-7-15(30)8-10-16/h1-12,21-22,24H,13H2,(H,31,34)(H,32,37)/t21-,22-,24+/m0/s1. The number of anilines is 2. The van der Waals surface area contributed by atoms with Crippen molar-refractivity contribution in [3.05, 3.63) is 102 Å². The van der Waals surface area contributed by atoms with Crippen molar-refractivity contribution in [2.75, 3.05) is 16.8 Å². The highest BCUT2D eigenvalue weighted by molar-refractivity contribution is 9.10. The van der Waals surface area contributed by atoms with Gasteiger partial charge in [-0.1, -0.05) is 68.8 Å². The van der Waals surface area contributed by atoms with Gasteiger partial charge in [-0.05, 0) is 54.6 Å². The lowest BCUT2D eigenvalue weighted by atomic mass is 9.82. The lowest BCUT2D eigenvalue weighted by molar-refractivity contribution is -0.122. The van der Waals surface area contributed by atoms with Crippen LogP contribution < -0.4 is 19.8 Å². The van der Waals surface area contributed by atoms with Crippen LogP contribution in [0.5, 0.6) is 5.75 Å². The van der Waals surface area contributed by atoms with Crippen molar-refractivity contribution in [2.24, 2.45) is 5.92 Å². The summed E-state index contributed by atoms with van der Waals surface area (Å²) in [5, 5.41) is 3.14. The molecule has 2 aliphatic heterocycles. The SMILES string of the molecule is O=C(COc1ccccc1[C@@H]1c2sc(=O)[nH]c2S[C@H]2C(=O)N(c3ccc(Br)cc3)C(=O)[C@@H]12)Nc1ccc(Cl)cc1. The molecule has 3 heterocycles. The smallest absolute Gasteiger partial charge is 0.305 e. The molecule has 3 amide bonds. The maximum absolute atomic E-state index is 13.9. The molecule has 0 radical (unpaired) electrons. The average Bonchev–Trinajstić information content (AvgIpc) is 3.44. The Balaban J connectivity index is 1.33. The van der Waals surface area contributed by atoms with Crippen LogP contribution in [-0.4, -0.2) is 34.6 Å². The van der Waals surface area contributed by atoms with E-state index in [0.717, 1.165) is 15.8 Å². The number of carbonyl (C=O) groups excluding carboxylic acids is 3. The number of aromatic nitrogens is 1. The molecule has 202 valence electrons. The molecule has 40 heavy (non-hydrogen) atoms. The number of rotatable bonds is 6. The molecule has 3 atom stereocenters. The first-order valence-corrected chi connectivity index (χ1v) is 15.0. The monoisotopic (exact) mass is 655 g/mol. The molecule has 6 rings (SSSR count). The minimum atomic E-state index is -0.771. The average molecular weight is 657 g/mol. The number of ether oxygens (including phenoxy) is 1. The molecule has 1 fully saturated rings. The van der Waals surface area contributed by atoms with Gasteiger partial charge in [0.1, 0.15) is 11.0 Å². The first-order chi connectivity index (χ1) is 19.3. The number of carbonyl (C=O) groups is 3. The molecule has 2 N–H and O–H groups in total. The molecule has 0 saturated carbocycles. The van der Waals surface area contributed by atoms with Crippen LogP contribution in [-0.2, 0) is 14.4 Å². The van der Waals surface area contributed by atoms with E-state index in [1.54, 1.807) is 72.8 Å². The number of thioether (sulfide) groups is 1. The number of thiazole rings is 1. The number of imide groups is 1. The van der Waals surface area contributed by atoms with Gasteiger partial charge in [-0.25, -0.2) is 4.90 Å². The van der Waals surface area contributed by atoms with Crippen LogP contribution in [0.15, 0.2) is 87.1 Å². The fourth-order valence-electron chi connectivity index (χ4n) is 4.94. The van der Waals surface area contributed by atoms with Crippen LogP contribution >= 0.6 is 50.6 Å². The van der Waals surface area contributed by atoms with Crippen molar-refractivity contribution < 1.29 is 19.1 Å². The Kier molecular flexibility index (Phi) is 7.30. The Hall–Kier alpha value is -3.38. The quantitative estimate of drug-likeness (QED) is 0.259. The van der Waals surface area contributed by atoms with Crippen LogP contribution in [0.4, 0.5) is 11.4 Å². The zero-order valence-corrected chi connectivity index (χ0v) is 24.4. The van der Waals surface area contributed by atoms with E-state index in [2.05, 4.69) is 26.2 Å². The maximum Gasteiger partial charge on any atom is 0.305 e. The second kappa shape index (κ2) is 10.9. The zero-order valence-electron chi connectivity index (χ0n) is 20.4. The Morgan fingerprint density at radius 3 is 2.48 bits per heavy atom. The predicted molar refractivity (Wildman–Crippen MR) is 159 cm³/mol. The summed E-state index contributed by atoms with van der Waals surface area (Å²) in [5.41, 5.74) is 1.67. The topological polar surface area (TPSA) is 109 Å². The van der Waals surface area contributed by atoms with Gasteiger partial charge < -0.3 is 15.0 Å². The normalized spacial score (nSPS) is 19.8. The number of halogens is 2. The molecule has 4 aromatic rings. The van der Waals surface area contributed by atoms with Gasteiger partial charge >= 0.3 is 4.87 Å². The lowest BCUT2D eigenvalue weighted by Crippen LogP contribution is -2.32. The number of para-hydroxylation sites is 1. The molecule has 3 aromatic carbocycles. The molecule has 8 nitrogen and oxygen atoms in total. The third-order valence-corrected chi connectivity index (χ3v) is 9.83. The Labute approximate surface area is 249 Å². The van der Waals surface area contributed by atoms with E-state index in [1.807, 2.05) is 0 Å². The molecular weight excluding hydrogens is 638 g/mol. The number of nitrogens with one attached hydrogen (secondary N) is 2. The van der Waals surface area contributed by atoms with Gasteiger partial charge in [0.2, 0.25) is 11.8 Å². The first kappa shape index (κ1) is 26.8. The minimum absolute atomic E-state index is 0.270. The van der Waals surface area contributed by atoms with E-state index in [0.29, 0.717) is 37.6 Å². The lowest BCUT2D eigenvalue weighted by Gasteiger charge is -2.30. The van der Waals surface area contributed by atoms with Crippen LogP contribution in [0.3, 0.4) is 0 Å². The van der Waals surface area contributed by atoms with Gasteiger partial charge in [-0.3, -0.25) is 19.2 Å². The second-order valence-corrected chi connectivity index (χ2v) is 12.6. The highest BCUT2D eigenvalue weighted by atomic mass is 79.9. The summed E-state index contributed by atoms with van der Waals surface area (Å²) in [5.74, 6) is -2.08. The molecule has 1 saturated heterocycles. The van der Waals surface area contributed by atoms with E-state index in [9.17, 15) is 19.2 Å². The Bertz CT molecular complexity index is 1690. The van der Waals surface area contributed by atoms with Gasteiger partial charge in [0.15, 0.2) is 6.61 Å². The van der Waals surface area contributed by atoms with E-state index >= 15 is 0 Å². The van der Waals surface area contributed by atoms with Crippen molar-refractivity contribution in [1.82, 2.24) is 4.98 Å². The van der Waals surface area contributed by atoms with E-state index in [-0.39, 0.29) is 29.2 Å². The predicted octanol–water partition coefficient (Wildman–Crippen LogP) is 5.67.